The topological polar surface area (TPSA) is 68.0 Å². The molecule has 2 rings (SSSR count). The summed E-state index contributed by atoms with van der Waals surface area (Å²) in [6, 6.07) is 7.27. The Hall–Kier alpha value is -1.88. The van der Waals surface area contributed by atoms with E-state index in [0.717, 1.165) is 11.3 Å². The van der Waals surface area contributed by atoms with Crippen LogP contribution in [0.1, 0.15) is 34.8 Å². The molecule has 0 saturated carbocycles. The molecule has 0 saturated heterocycles. The Kier molecular flexibility index (Phi) is 3.94. The number of nitrogen functional groups attached to an aromatic ring is 1. The Morgan fingerprint density at radius 3 is 3.00 bits per heavy atom. The van der Waals surface area contributed by atoms with E-state index in [1.54, 1.807) is 23.5 Å². The molecule has 3 N–H and O–H groups in total. The van der Waals surface area contributed by atoms with E-state index in [1.807, 2.05) is 24.4 Å². The lowest BCUT2D eigenvalue weighted by Crippen LogP contribution is -2.28. The van der Waals surface area contributed by atoms with Gasteiger partial charge in [0.05, 0.1) is 6.04 Å². The SMILES string of the molecule is CCC(NC(=O)c1cc(N)ccn1)c1cccs1. The van der Waals surface area contributed by atoms with Crippen LogP contribution in [-0.4, -0.2) is 10.9 Å². The summed E-state index contributed by atoms with van der Waals surface area (Å²) in [5.41, 5.74) is 6.53. The van der Waals surface area contributed by atoms with E-state index >= 15 is 0 Å². The quantitative estimate of drug-likeness (QED) is 0.889. The number of aromatic nitrogens is 1. The summed E-state index contributed by atoms with van der Waals surface area (Å²) in [7, 11) is 0. The zero-order valence-electron chi connectivity index (χ0n) is 10.1. The summed E-state index contributed by atoms with van der Waals surface area (Å²) in [5.74, 6) is -0.192. The van der Waals surface area contributed by atoms with Gasteiger partial charge < -0.3 is 11.1 Å². The normalized spacial score (nSPS) is 12.1. The number of carbonyl (C=O) groups excluding carboxylic acids is 1. The summed E-state index contributed by atoms with van der Waals surface area (Å²) >= 11 is 1.64. The van der Waals surface area contributed by atoms with Gasteiger partial charge in [-0.25, -0.2) is 0 Å². The van der Waals surface area contributed by atoms with Crippen molar-refractivity contribution >= 4 is 22.9 Å². The molecule has 18 heavy (non-hydrogen) atoms. The predicted molar refractivity (Wildman–Crippen MR) is 73.5 cm³/mol. The van der Waals surface area contributed by atoms with Crippen molar-refractivity contribution in [2.24, 2.45) is 0 Å². The van der Waals surface area contributed by atoms with Gasteiger partial charge >= 0.3 is 0 Å². The molecule has 0 aromatic carbocycles. The lowest BCUT2D eigenvalue weighted by molar-refractivity contribution is 0.0931. The van der Waals surface area contributed by atoms with Crippen LogP contribution >= 0.6 is 11.3 Å². The van der Waals surface area contributed by atoms with Crippen molar-refractivity contribution in [2.75, 3.05) is 5.73 Å². The maximum Gasteiger partial charge on any atom is 0.270 e. The average Bonchev–Trinajstić information content (AvgIpc) is 2.89. The monoisotopic (exact) mass is 261 g/mol. The molecule has 0 fully saturated rings. The summed E-state index contributed by atoms with van der Waals surface area (Å²) in [4.78, 5) is 17.2. The Bertz CT molecular complexity index is 525. The summed E-state index contributed by atoms with van der Waals surface area (Å²) in [5, 5.41) is 4.97. The van der Waals surface area contributed by atoms with Crippen LogP contribution in [0.2, 0.25) is 0 Å². The fourth-order valence-corrected chi connectivity index (χ4v) is 2.53. The Labute approximate surface area is 110 Å². The second-order valence-electron chi connectivity index (χ2n) is 3.92. The zero-order valence-corrected chi connectivity index (χ0v) is 10.9. The maximum absolute atomic E-state index is 12.0. The first-order valence-electron chi connectivity index (χ1n) is 5.76. The molecule has 1 atom stereocenters. The standard InChI is InChI=1S/C13H15N3OS/c1-2-10(12-4-3-7-18-12)16-13(17)11-8-9(14)5-6-15-11/h3-8,10H,2H2,1H3,(H2,14,15)(H,16,17). The first-order chi connectivity index (χ1) is 8.70. The number of hydrogen-bond donors (Lipinski definition) is 2. The second-order valence-corrected chi connectivity index (χ2v) is 4.90. The van der Waals surface area contributed by atoms with Crippen LogP contribution in [0.3, 0.4) is 0 Å². The smallest absolute Gasteiger partial charge is 0.270 e. The van der Waals surface area contributed by atoms with E-state index in [9.17, 15) is 4.79 Å². The minimum Gasteiger partial charge on any atom is -0.399 e. The van der Waals surface area contributed by atoms with Crippen LogP contribution in [0.15, 0.2) is 35.8 Å². The third-order valence-electron chi connectivity index (χ3n) is 2.62. The number of hydrogen-bond acceptors (Lipinski definition) is 4. The number of pyridine rings is 1. The Morgan fingerprint density at radius 1 is 1.56 bits per heavy atom. The number of nitrogens with zero attached hydrogens (tertiary/aromatic N) is 1. The zero-order chi connectivity index (χ0) is 13.0. The average molecular weight is 261 g/mol. The molecule has 94 valence electrons. The molecule has 0 spiro atoms. The van der Waals surface area contributed by atoms with Crippen molar-refractivity contribution in [1.82, 2.24) is 10.3 Å². The van der Waals surface area contributed by atoms with Crippen molar-refractivity contribution in [3.05, 3.63) is 46.4 Å². The highest BCUT2D eigenvalue weighted by atomic mass is 32.1. The molecule has 2 heterocycles. The van der Waals surface area contributed by atoms with Gasteiger partial charge in [-0.2, -0.15) is 0 Å². The first-order valence-corrected chi connectivity index (χ1v) is 6.64. The van der Waals surface area contributed by atoms with E-state index in [2.05, 4.69) is 10.3 Å². The summed E-state index contributed by atoms with van der Waals surface area (Å²) < 4.78 is 0. The van der Waals surface area contributed by atoms with Gasteiger partial charge in [-0.1, -0.05) is 13.0 Å². The molecular weight excluding hydrogens is 246 g/mol. The Morgan fingerprint density at radius 2 is 2.39 bits per heavy atom. The van der Waals surface area contributed by atoms with Crippen LogP contribution in [0.4, 0.5) is 5.69 Å². The second kappa shape index (κ2) is 5.64. The van der Waals surface area contributed by atoms with Gasteiger partial charge in [-0.05, 0) is 30.0 Å². The number of nitrogens with one attached hydrogen (secondary N) is 1. The van der Waals surface area contributed by atoms with Gasteiger partial charge in [0.2, 0.25) is 0 Å². The predicted octanol–water partition coefficient (Wildman–Crippen LogP) is 2.61. The van der Waals surface area contributed by atoms with Gasteiger partial charge in [0.1, 0.15) is 5.69 Å². The van der Waals surface area contributed by atoms with E-state index < -0.39 is 0 Å². The highest BCUT2D eigenvalue weighted by Gasteiger charge is 2.15. The molecule has 0 bridgehead atoms. The number of rotatable bonds is 4. The van der Waals surface area contributed by atoms with Gasteiger partial charge in [-0.3, -0.25) is 9.78 Å². The van der Waals surface area contributed by atoms with E-state index in [-0.39, 0.29) is 11.9 Å². The van der Waals surface area contributed by atoms with Gasteiger partial charge in [0, 0.05) is 16.8 Å². The van der Waals surface area contributed by atoms with Gasteiger partial charge in [0.15, 0.2) is 0 Å². The molecule has 0 aliphatic heterocycles. The van der Waals surface area contributed by atoms with Crippen LogP contribution in [-0.2, 0) is 0 Å². The largest absolute Gasteiger partial charge is 0.399 e. The molecule has 0 radical (unpaired) electrons. The summed E-state index contributed by atoms with van der Waals surface area (Å²) in [6.07, 6.45) is 2.38. The fraction of sp³-hybridized carbons (Fsp3) is 0.231. The van der Waals surface area contributed by atoms with Crippen molar-refractivity contribution in [3.63, 3.8) is 0 Å². The van der Waals surface area contributed by atoms with Crippen LogP contribution in [0, 0.1) is 0 Å². The molecular formula is C13H15N3OS. The number of anilines is 1. The third kappa shape index (κ3) is 2.87. The van der Waals surface area contributed by atoms with Gasteiger partial charge in [-0.15, -0.1) is 11.3 Å². The van der Waals surface area contributed by atoms with Crippen LogP contribution < -0.4 is 11.1 Å². The van der Waals surface area contributed by atoms with Crippen molar-refractivity contribution in [3.8, 4) is 0 Å². The molecule has 1 unspecified atom stereocenters. The fourth-order valence-electron chi connectivity index (χ4n) is 1.67. The lowest BCUT2D eigenvalue weighted by atomic mass is 10.2. The van der Waals surface area contributed by atoms with Crippen molar-refractivity contribution in [1.29, 1.82) is 0 Å². The molecule has 4 nitrogen and oxygen atoms in total. The minimum atomic E-state index is -0.192. The van der Waals surface area contributed by atoms with E-state index in [1.165, 1.54) is 6.20 Å². The molecule has 1 amide bonds. The molecule has 2 aromatic heterocycles. The molecule has 0 aliphatic rings. The van der Waals surface area contributed by atoms with Crippen molar-refractivity contribution in [2.45, 2.75) is 19.4 Å². The molecule has 5 heteroatoms. The minimum absolute atomic E-state index is 0.0285. The van der Waals surface area contributed by atoms with Crippen LogP contribution in [0.5, 0.6) is 0 Å². The number of carbonyl (C=O) groups is 1. The van der Waals surface area contributed by atoms with E-state index in [4.69, 9.17) is 5.73 Å². The first kappa shape index (κ1) is 12.6. The molecule has 0 aliphatic carbocycles. The third-order valence-corrected chi connectivity index (χ3v) is 3.60. The van der Waals surface area contributed by atoms with Gasteiger partial charge in [0.25, 0.3) is 5.91 Å². The maximum atomic E-state index is 12.0. The Balaban J connectivity index is 2.11. The van der Waals surface area contributed by atoms with E-state index in [0.29, 0.717) is 11.4 Å². The van der Waals surface area contributed by atoms with Crippen LogP contribution in [0.25, 0.3) is 0 Å². The highest BCUT2D eigenvalue weighted by molar-refractivity contribution is 7.10. The highest BCUT2D eigenvalue weighted by Crippen LogP contribution is 2.22. The molecule has 2 aromatic rings. The number of nitrogens with two attached hydrogens (primary N) is 1. The number of amides is 1. The summed E-state index contributed by atoms with van der Waals surface area (Å²) in [6.45, 7) is 2.04. The van der Waals surface area contributed by atoms with Crippen molar-refractivity contribution < 1.29 is 4.79 Å². The lowest BCUT2D eigenvalue weighted by Gasteiger charge is -2.15. The number of thiophene rings is 1.